The van der Waals surface area contributed by atoms with E-state index in [0.717, 1.165) is 15.7 Å². The second-order valence-electron chi connectivity index (χ2n) is 4.90. The van der Waals surface area contributed by atoms with Gasteiger partial charge in [-0.2, -0.15) is 0 Å². The molecule has 1 aliphatic carbocycles. The van der Waals surface area contributed by atoms with E-state index < -0.39 is 0 Å². The first-order chi connectivity index (χ1) is 7.87. The van der Waals surface area contributed by atoms with Gasteiger partial charge in [-0.05, 0) is 18.4 Å². The van der Waals surface area contributed by atoms with Crippen LogP contribution in [0.3, 0.4) is 0 Å². The number of aryl methyl sites for hydroxylation is 1. The van der Waals surface area contributed by atoms with Gasteiger partial charge in [0.15, 0.2) is 0 Å². The van der Waals surface area contributed by atoms with E-state index in [0.29, 0.717) is 4.75 Å². The molecule has 16 heavy (non-hydrogen) atoms. The summed E-state index contributed by atoms with van der Waals surface area (Å²) in [6, 6.07) is 10.9. The summed E-state index contributed by atoms with van der Waals surface area (Å²) in [4.78, 5) is 0. The number of thioether (sulfide) groups is 2. The van der Waals surface area contributed by atoms with Gasteiger partial charge in [-0.1, -0.05) is 42.5 Å². The molecule has 1 aromatic rings. The standard InChI is InChI=1S/C14H14S2/c1-2-4-10(5-3-1)6-8-14-9-7-11-12(15-11)13(14)16-14/h1-5,7,9,11-13H,6,8H2. The van der Waals surface area contributed by atoms with Gasteiger partial charge in [0.25, 0.3) is 0 Å². The van der Waals surface area contributed by atoms with Gasteiger partial charge in [0.05, 0.1) is 0 Å². The van der Waals surface area contributed by atoms with Crippen molar-refractivity contribution < 1.29 is 0 Å². The van der Waals surface area contributed by atoms with E-state index in [9.17, 15) is 0 Å². The van der Waals surface area contributed by atoms with E-state index >= 15 is 0 Å². The molecule has 2 fully saturated rings. The van der Waals surface area contributed by atoms with Crippen molar-refractivity contribution in [2.75, 3.05) is 0 Å². The molecule has 3 aliphatic rings. The van der Waals surface area contributed by atoms with Crippen LogP contribution in [-0.2, 0) is 6.42 Å². The molecule has 0 N–H and O–H groups in total. The minimum atomic E-state index is 0.528. The second-order valence-corrected chi connectivity index (χ2v) is 7.77. The van der Waals surface area contributed by atoms with Gasteiger partial charge in [-0.25, -0.2) is 0 Å². The zero-order chi connectivity index (χ0) is 10.6. The minimum Gasteiger partial charge on any atom is -0.147 e. The Morgan fingerprint density at radius 3 is 2.94 bits per heavy atom. The highest BCUT2D eigenvalue weighted by Crippen LogP contribution is 2.70. The van der Waals surface area contributed by atoms with Crippen LogP contribution in [0, 0.1) is 0 Å². The van der Waals surface area contributed by atoms with Gasteiger partial charge in [0, 0.05) is 20.5 Å². The molecule has 0 aromatic heterocycles. The van der Waals surface area contributed by atoms with Gasteiger partial charge in [-0.3, -0.25) is 0 Å². The highest BCUT2D eigenvalue weighted by atomic mass is 32.2. The molecular weight excluding hydrogens is 232 g/mol. The normalized spacial score (nSPS) is 42.4. The van der Waals surface area contributed by atoms with Crippen LogP contribution >= 0.6 is 23.5 Å². The lowest BCUT2D eigenvalue weighted by Crippen LogP contribution is -2.20. The molecule has 0 spiro atoms. The van der Waals surface area contributed by atoms with E-state index in [1.807, 2.05) is 0 Å². The van der Waals surface area contributed by atoms with Crippen LogP contribution in [0.5, 0.6) is 0 Å². The smallest absolute Gasteiger partial charge is 0.0476 e. The molecule has 2 heteroatoms. The number of fused-ring (bicyclic) bond motifs is 3. The first kappa shape index (κ1) is 9.67. The highest BCUT2D eigenvalue weighted by molar-refractivity contribution is 8.13. The van der Waals surface area contributed by atoms with Crippen molar-refractivity contribution in [1.29, 1.82) is 0 Å². The van der Waals surface area contributed by atoms with Gasteiger partial charge in [0.1, 0.15) is 0 Å². The third-order valence-corrected chi connectivity index (χ3v) is 7.09. The molecule has 1 aromatic carbocycles. The van der Waals surface area contributed by atoms with Crippen molar-refractivity contribution >= 4 is 23.5 Å². The van der Waals surface area contributed by atoms with E-state index in [4.69, 9.17) is 0 Å². The summed E-state index contributed by atoms with van der Waals surface area (Å²) in [5, 5.41) is 2.78. The van der Waals surface area contributed by atoms with Crippen molar-refractivity contribution in [2.24, 2.45) is 0 Å². The molecule has 0 amide bonds. The van der Waals surface area contributed by atoms with Gasteiger partial charge in [-0.15, -0.1) is 23.5 Å². The Hall–Kier alpha value is -0.340. The Kier molecular flexibility index (Phi) is 2.01. The Morgan fingerprint density at radius 2 is 2.06 bits per heavy atom. The van der Waals surface area contributed by atoms with Gasteiger partial charge < -0.3 is 0 Å². The molecule has 0 nitrogen and oxygen atoms in total. The quantitative estimate of drug-likeness (QED) is 0.591. The zero-order valence-corrected chi connectivity index (χ0v) is 10.6. The Morgan fingerprint density at radius 1 is 1.19 bits per heavy atom. The maximum atomic E-state index is 2.51. The zero-order valence-electron chi connectivity index (χ0n) is 9.00. The van der Waals surface area contributed by atoms with Crippen LogP contribution in [0.1, 0.15) is 12.0 Å². The Balaban J connectivity index is 1.46. The largest absolute Gasteiger partial charge is 0.147 e. The van der Waals surface area contributed by atoms with Gasteiger partial charge >= 0.3 is 0 Å². The summed E-state index contributed by atoms with van der Waals surface area (Å²) in [7, 11) is 0. The van der Waals surface area contributed by atoms with Crippen LogP contribution in [0.2, 0.25) is 0 Å². The number of hydrogen-bond acceptors (Lipinski definition) is 2. The maximum Gasteiger partial charge on any atom is 0.0476 e. The van der Waals surface area contributed by atoms with Crippen molar-refractivity contribution in [2.45, 2.75) is 33.3 Å². The van der Waals surface area contributed by atoms with Crippen molar-refractivity contribution in [3.8, 4) is 0 Å². The number of hydrogen-bond donors (Lipinski definition) is 0. The highest BCUT2D eigenvalue weighted by Gasteiger charge is 2.65. The summed E-state index contributed by atoms with van der Waals surface area (Å²) in [5.74, 6) is 0. The Bertz CT molecular complexity index is 439. The molecule has 4 unspecified atom stereocenters. The van der Waals surface area contributed by atoms with Crippen molar-refractivity contribution in [1.82, 2.24) is 0 Å². The third-order valence-electron chi connectivity index (χ3n) is 3.85. The van der Waals surface area contributed by atoms with Crippen LogP contribution < -0.4 is 0 Å². The minimum absolute atomic E-state index is 0.528. The summed E-state index contributed by atoms with van der Waals surface area (Å²) < 4.78 is 0.528. The van der Waals surface area contributed by atoms with E-state index in [-0.39, 0.29) is 0 Å². The molecule has 0 radical (unpaired) electrons. The molecule has 2 saturated heterocycles. The SMILES string of the molecule is C1=CC2(CCc3ccccc3)SC2C2SC12. The van der Waals surface area contributed by atoms with Gasteiger partial charge in [0.2, 0.25) is 0 Å². The van der Waals surface area contributed by atoms with Crippen LogP contribution in [-0.4, -0.2) is 20.5 Å². The molecule has 0 bridgehead atoms. The average Bonchev–Trinajstić information content (AvgIpc) is 3.19. The molecule has 4 rings (SSSR count). The number of rotatable bonds is 3. The fraction of sp³-hybridized carbons (Fsp3) is 0.429. The fourth-order valence-corrected chi connectivity index (χ4v) is 5.79. The lowest BCUT2D eigenvalue weighted by atomic mass is 9.90. The molecule has 2 aliphatic heterocycles. The fourth-order valence-electron chi connectivity index (χ4n) is 2.74. The van der Waals surface area contributed by atoms with Crippen LogP contribution in [0.15, 0.2) is 42.5 Å². The molecule has 0 saturated carbocycles. The van der Waals surface area contributed by atoms with Crippen LogP contribution in [0.4, 0.5) is 0 Å². The average molecular weight is 246 g/mol. The molecule has 82 valence electrons. The summed E-state index contributed by atoms with van der Waals surface area (Å²) in [6.45, 7) is 0. The monoisotopic (exact) mass is 246 g/mol. The first-order valence-electron chi connectivity index (χ1n) is 5.94. The predicted molar refractivity (Wildman–Crippen MR) is 73.2 cm³/mol. The second kappa shape index (κ2) is 3.33. The topological polar surface area (TPSA) is 0 Å². The molecular formula is C14H14S2. The summed E-state index contributed by atoms with van der Waals surface area (Å²) in [6.07, 6.45) is 7.52. The van der Waals surface area contributed by atoms with Crippen molar-refractivity contribution in [3.63, 3.8) is 0 Å². The van der Waals surface area contributed by atoms with Crippen molar-refractivity contribution in [3.05, 3.63) is 48.0 Å². The third kappa shape index (κ3) is 1.46. The van der Waals surface area contributed by atoms with E-state index in [1.54, 1.807) is 0 Å². The Labute approximate surface area is 105 Å². The molecule has 4 atom stereocenters. The van der Waals surface area contributed by atoms with Crippen LogP contribution in [0.25, 0.3) is 0 Å². The first-order valence-corrected chi connectivity index (χ1v) is 7.76. The predicted octanol–water partition coefficient (Wildman–Crippen LogP) is 3.53. The lowest BCUT2D eigenvalue weighted by molar-refractivity contribution is 0.666. The summed E-state index contributed by atoms with van der Waals surface area (Å²) in [5.41, 5.74) is 1.49. The maximum absolute atomic E-state index is 2.51. The molecule has 2 heterocycles. The lowest BCUT2D eigenvalue weighted by Gasteiger charge is -2.12. The van der Waals surface area contributed by atoms with E-state index in [2.05, 4.69) is 66.0 Å². The van der Waals surface area contributed by atoms with E-state index in [1.165, 1.54) is 18.4 Å². The summed E-state index contributed by atoms with van der Waals surface area (Å²) >= 11 is 4.37. The number of benzene rings is 1.